The minimum Gasteiger partial charge on any atom is -0.389 e. The molecule has 19 heavy (non-hydrogen) atoms. The van der Waals surface area contributed by atoms with Gasteiger partial charge in [0, 0.05) is 6.54 Å². The lowest BCUT2D eigenvalue weighted by Crippen LogP contribution is -2.39. The van der Waals surface area contributed by atoms with Gasteiger partial charge in [-0.05, 0) is 32.3 Å². The predicted octanol–water partition coefficient (Wildman–Crippen LogP) is 1.52. The number of rotatable bonds is 7. The Morgan fingerprint density at radius 2 is 1.79 bits per heavy atom. The SMILES string of the molecule is CCCC(CC)=C(C(=O)NCC(C)(C)O)P(=O)(O)O. The van der Waals surface area contributed by atoms with Crippen molar-refractivity contribution in [2.24, 2.45) is 0 Å². The largest absolute Gasteiger partial charge is 0.389 e. The molecule has 0 rings (SSSR count). The number of carbonyl (C=O) groups excluding carboxylic acids is 1. The van der Waals surface area contributed by atoms with Gasteiger partial charge in [-0.25, -0.2) is 0 Å². The van der Waals surface area contributed by atoms with Crippen LogP contribution in [0, 0.1) is 0 Å². The number of nitrogens with one attached hydrogen (secondary N) is 1. The van der Waals surface area contributed by atoms with Gasteiger partial charge in [0.25, 0.3) is 5.91 Å². The number of amides is 1. The Balaban J connectivity index is 5.28. The molecule has 0 spiro atoms. The van der Waals surface area contributed by atoms with Crippen LogP contribution in [0.2, 0.25) is 0 Å². The minimum atomic E-state index is -4.63. The summed E-state index contributed by atoms with van der Waals surface area (Å²) in [7, 11) is -4.63. The monoisotopic (exact) mass is 293 g/mol. The molecule has 0 aromatic carbocycles. The zero-order valence-corrected chi connectivity index (χ0v) is 12.8. The van der Waals surface area contributed by atoms with Gasteiger partial charge in [-0.1, -0.05) is 20.3 Å². The highest BCUT2D eigenvalue weighted by molar-refractivity contribution is 7.58. The van der Waals surface area contributed by atoms with Gasteiger partial charge in [0.1, 0.15) is 5.31 Å². The first-order chi connectivity index (χ1) is 8.53. The Labute approximate surface area is 114 Å². The molecule has 0 saturated carbocycles. The van der Waals surface area contributed by atoms with Gasteiger partial charge in [0.2, 0.25) is 0 Å². The minimum absolute atomic E-state index is 0.0710. The van der Waals surface area contributed by atoms with E-state index >= 15 is 0 Å². The van der Waals surface area contributed by atoms with Crippen molar-refractivity contribution in [1.29, 1.82) is 0 Å². The molecule has 0 atom stereocenters. The van der Waals surface area contributed by atoms with Crippen molar-refractivity contribution in [2.45, 2.75) is 52.6 Å². The molecule has 6 nitrogen and oxygen atoms in total. The van der Waals surface area contributed by atoms with Crippen LogP contribution in [-0.2, 0) is 9.36 Å². The van der Waals surface area contributed by atoms with E-state index in [2.05, 4.69) is 5.32 Å². The third kappa shape index (κ3) is 6.87. The molecule has 1 amide bonds. The standard InChI is InChI=1S/C12H24NO5P/c1-5-7-9(6-2)10(19(16,17)18)11(14)13-8-12(3,4)15/h15H,5-8H2,1-4H3,(H,13,14)(H2,16,17,18). The number of hydrogen-bond acceptors (Lipinski definition) is 3. The molecule has 0 aliphatic carbocycles. The molecular formula is C12H24NO5P. The summed E-state index contributed by atoms with van der Waals surface area (Å²) >= 11 is 0. The smallest absolute Gasteiger partial charge is 0.361 e. The molecule has 4 N–H and O–H groups in total. The fraction of sp³-hybridized carbons (Fsp3) is 0.750. The number of allylic oxidation sites excluding steroid dienone is 1. The summed E-state index contributed by atoms with van der Waals surface area (Å²) in [6.45, 7) is 6.56. The van der Waals surface area contributed by atoms with Crippen LogP contribution in [0.3, 0.4) is 0 Å². The quantitative estimate of drug-likeness (QED) is 0.420. The maximum Gasteiger partial charge on any atom is 0.361 e. The van der Waals surface area contributed by atoms with Gasteiger partial charge in [0.05, 0.1) is 5.60 Å². The average molecular weight is 293 g/mol. The van der Waals surface area contributed by atoms with Crippen LogP contribution in [-0.4, -0.2) is 32.9 Å². The predicted molar refractivity (Wildman–Crippen MR) is 73.6 cm³/mol. The van der Waals surface area contributed by atoms with Gasteiger partial charge < -0.3 is 20.2 Å². The normalized spacial score (nSPS) is 14.1. The third-order valence-corrected chi connectivity index (χ3v) is 3.60. The van der Waals surface area contributed by atoms with Gasteiger partial charge in [-0.15, -0.1) is 0 Å². The van der Waals surface area contributed by atoms with E-state index in [0.29, 0.717) is 24.8 Å². The van der Waals surface area contributed by atoms with Crippen LogP contribution < -0.4 is 5.32 Å². The number of aliphatic hydroxyl groups is 1. The van der Waals surface area contributed by atoms with Crippen LogP contribution in [0.5, 0.6) is 0 Å². The van der Waals surface area contributed by atoms with E-state index in [1.165, 1.54) is 13.8 Å². The van der Waals surface area contributed by atoms with E-state index in [4.69, 9.17) is 0 Å². The molecule has 0 aromatic rings. The second-order valence-corrected chi connectivity index (χ2v) is 6.63. The molecule has 0 saturated heterocycles. The lowest BCUT2D eigenvalue weighted by atomic mass is 10.1. The van der Waals surface area contributed by atoms with Crippen LogP contribution in [0.15, 0.2) is 10.9 Å². The summed E-state index contributed by atoms with van der Waals surface area (Å²) in [5, 5.41) is 11.4. The average Bonchev–Trinajstić information content (AvgIpc) is 2.22. The third-order valence-electron chi connectivity index (χ3n) is 2.50. The van der Waals surface area contributed by atoms with Crippen molar-refractivity contribution in [2.75, 3.05) is 6.54 Å². The fourth-order valence-corrected chi connectivity index (χ4v) is 2.67. The Morgan fingerprint density at radius 1 is 1.26 bits per heavy atom. The highest BCUT2D eigenvalue weighted by Crippen LogP contribution is 2.48. The maximum atomic E-state index is 11.9. The molecule has 0 bridgehead atoms. The Bertz CT molecular complexity index is 391. The van der Waals surface area contributed by atoms with E-state index < -0.39 is 24.4 Å². The highest BCUT2D eigenvalue weighted by atomic mass is 31.2. The van der Waals surface area contributed by atoms with E-state index in [9.17, 15) is 24.3 Å². The van der Waals surface area contributed by atoms with Gasteiger partial charge in [0.15, 0.2) is 0 Å². The molecule has 112 valence electrons. The van der Waals surface area contributed by atoms with Crippen LogP contribution in [0.4, 0.5) is 0 Å². The molecule has 0 heterocycles. The first kappa shape index (κ1) is 18.3. The lowest BCUT2D eigenvalue weighted by molar-refractivity contribution is -0.118. The first-order valence-electron chi connectivity index (χ1n) is 6.31. The molecule has 0 unspecified atom stereocenters. The summed E-state index contributed by atoms with van der Waals surface area (Å²) in [5.41, 5.74) is -0.670. The summed E-state index contributed by atoms with van der Waals surface area (Å²) < 4.78 is 11.5. The summed E-state index contributed by atoms with van der Waals surface area (Å²) in [6.07, 6.45) is 1.57. The second kappa shape index (κ2) is 7.20. The molecular weight excluding hydrogens is 269 g/mol. The summed E-state index contributed by atoms with van der Waals surface area (Å²) in [4.78, 5) is 30.6. The highest BCUT2D eigenvalue weighted by Gasteiger charge is 2.31. The van der Waals surface area contributed by atoms with Crippen molar-refractivity contribution >= 4 is 13.5 Å². The molecule has 0 radical (unpaired) electrons. The Hall–Kier alpha value is -0.680. The topological polar surface area (TPSA) is 107 Å². The van der Waals surface area contributed by atoms with Crippen LogP contribution >= 0.6 is 7.60 Å². The Kier molecular flexibility index (Phi) is 6.94. The molecule has 0 aliphatic rings. The molecule has 0 aromatic heterocycles. The van der Waals surface area contributed by atoms with E-state index in [1.807, 2.05) is 6.92 Å². The van der Waals surface area contributed by atoms with Crippen molar-refractivity contribution in [1.82, 2.24) is 5.32 Å². The van der Waals surface area contributed by atoms with Gasteiger partial charge >= 0.3 is 7.60 Å². The Morgan fingerprint density at radius 3 is 2.11 bits per heavy atom. The van der Waals surface area contributed by atoms with Crippen molar-refractivity contribution in [3.05, 3.63) is 10.9 Å². The zero-order valence-electron chi connectivity index (χ0n) is 11.9. The first-order valence-corrected chi connectivity index (χ1v) is 7.92. The molecule has 7 heteroatoms. The molecule has 0 fully saturated rings. The summed E-state index contributed by atoms with van der Waals surface area (Å²) in [5.74, 6) is -0.805. The number of carbonyl (C=O) groups is 1. The number of hydrogen-bond donors (Lipinski definition) is 4. The van der Waals surface area contributed by atoms with Crippen molar-refractivity contribution in [3.63, 3.8) is 0 Å². The second-order valence-electron chi connectivity index (χ2n) is 5.09. The molecule has 0 aliphatic heterocycles. The lowest BCUT2D eigenvalue weighted by Gasteiger charge is -2.20. The van der Waals surface area contributed by atoms with Crippen molar-refractivity contribution in [3.8, 4) is 0 Å². The van der Waals surface area contributed by atoms with Gasteiger partial charge in [-0.2, -0.15) is 0 Å². The van der Waals surface area contributed by atoms with E-state index in [-0.39, 0.29) is 6.54 Å². The van der Waals surface area contributed by atoms with Crippen molar-refractivity contribution < 1.29 is 24.3 Å². The zero-order chi connectivity index (χ0) is 15.3. The van der Waals surface area contributed by atoms with Crippen LogP contribution in [0.25, 0.3) is 0 Å². The maximum absolute atomic E-state index is 11.9. The summed E-state index contributed by atoms with van der Waals surface area (Å²) in [6, 6.07) is 0. The van der Waals surface area contributed by atoms with Gasteiger partial charge in [-0.3, -0.25) is 9.36 Å². The van der Waals surface area contributed by atoms with Crippen LogP contribution in [0.1, 0.15) is 47.0 Å². The van der Waals surface area contributed by atoms with E-state index in [1.54, 1.807) is 6.92 Å². The van der Waals surface area contributed by atoms with E-state index in [0.717, 1.165) is 0 Å². The fourth-order valence-electron chi connectivity index (χ4n) is 1.64.